The van der Waals surface area contributed by atoms with Gasteiger partial charge in [-0.2, -0.15) is 0 Å². The summed E-state index contributed by atoms with van der Waals surface area (Å²) in [7, 11) is -2.48. The molecule has 0 spiro atoms. The van der Waals surface area contributed by atoms with Gasteiger partial charge >= 0.3 is 0 Å². The van der Waals surface area contributed by atoms with Crippen LogP contribution in [0.15, 0.2) is 53.6 Å². The third kappa shape index (κ3) is 3.58. The second-order valence-corrected chi connectivity index (χ2v) is 8.92. The molecule has 3 aromatic rings. The molecule has 4 rings (SSSR count). The quantitative estimate of drug-likeness (QED) is 0.643. The summed E-state index contributed by atoms with van der Waals surface area (Å²) in [5.74, 6) is -2.19. The summed E-state index contributed by atoms with van der Waals surface area (Å²) in [5, 5.41) is 3.00. The van der Waals surface area contributed by atoms with E-state index in [0.717, 1.165) is 46.6 Å². The average Bonchev–Trinajstić information content (AvgIpc) is 3.43. The van der Waals surface area contributed by atoms with Gasteiger partial charge in [0.2, 0.25) is 0 Å². The van der Waals surface area contributed by atoms with E-state index in [0.29, 0.717) is 12.1 Å². The van der Waals surface area contributed by atoms with Gasteiger partial charge in [-0.1, -0.05) is 6.07 Å². The maximum absolute atomic E-state index is 14.7. The van der Waals surface area contributed by atoms with Gasteiger partial charge in [0, 0.05) is 24.4 Å². The predicted molar refractivity (Wildman–Crippen MR) is 104 cm³/mol. The lowest BCUT2D eigenvalue weighted by Crippen LogP contribution is -2.14. The third-order valence-electron chi connectivity index (χ3n) is 4.99. The molecule has 1 aliphatic carbocycles. The van der Waals surface area contributed by atoms with E-state index in [4.69, 9.17) is 0 Å². The highest BCUT2D eigenvalue weighted by atomic mass is 32.2. The van der Waals surface area contributed by atoms with Gasteiger partial charge in [-0.3, -0.25) is 0 Å². The Morgan fingerprint density at radius 2 is 1.79 bits per heavy atom. The highest BCUT2D eigenvalue weighted by Gasteiger charge is 2.35. The number of hydrogen-bond acceptors (Lipinski definition) is 3. The Hall–Kier alpha value is -2.58. The molecule has 1 aromatic heterocycles. The van der Waals surface area contributed by atoms with Gasteiger partial charge in [-0.15, -0.1) is 0 Å². The maximum atomic E-state index is 14.7. The highest BCUT2D eigenvalue weighted by molar-refractivity contribution is 7.90. The molecule has 4 nitrogen and oxygen atoms in total. The van der Waals surface area contributed by atoms with Crippen molar-refractivity contribution in [3.05, 3.63) is 77.2 Å². The zero-order valence-electron chi connectivity index (χ0n) is 15.6. The number of halogens is 3. The van der Waals surface area contributed by atoms with E-state index in [1.54, 1.807) is 7.05 Å². The molecular formula is C21H19F3N2O2S. The van der Waals surface area contributed by atoms with Crippen molar-refractivity contribution in [2.45, 2.75) is 30.2 Å². The Morgan fingerprint density at radius 3 is 2.41 bits per heavy atom. The maximum Gasteiger partial charge on any atom is 0.268 e. The minimum Gasteiger partial charge on any atom is -0.316 e. The molecule has 152 valence electrons. The first kappa shape index (κ1) is 19.7. The molecule has 1 heterocycles. The first-order valence-corrected chi connectivity index (χ1v) is 10.6. The van der Waals surface area contributed by atoms with E-state index < -0.39 is 27.5 Å². The van der Waals surface area contributed by atoms with Gasteiger partial charge in [0.1, 0.15) is 17.5 Å². The summed E-state index contributed by atoms with van der Waals surface area (Å²) in [5.41, 5.74) is 1.61. The topological polar surface area (TPSA) is 51.1 Å². The fraction of sp³-hybridized carbons (Fsp3) is 0.238. The normalized spacial score (nSPS) is 14.3. The average molecular weight is 420 g/mol. The molecule has 1 aliphatic rings. The van der Waals surface area contributed by atoms with Crippen LogP contribution in [0.2, 0.25) is 0 Å². The number of nitrogens with zero attached hydrogens (tertiary/aromatic N) is 1. The van der Waals surface area contributed by atoms with E-state index in [2.05, 4.69) is 5.32 Å². The van der Waals surface area contributed by atoms with Gasteiger partial charge in [0.25, 0.3) is 10.0 Å². The number of nitrogens with one attached hydrogen (secondary N) is 1. The van der Waals surface area contributed by atoms with Gasteiger partial charge in [0.05, 0.1) is 10.6 Å². The summed E-state index contributed by atoms with van der Waals surface area (Å²) in [6.45, 7) is 0.382. The molecule has 8 heteroatoms. The monoisotopic (exact) mass is 420 g/mol. The van der Waals surface area contributed by atoms with Crippen LogP contribution < -0.4 is 5.32 Å². The molecule has 0 unspecified atom stereocenters. The van der Waals surface area contributed by atoms with E-state index in [1.807, 2.05) is 0 Å². The summed E-state index contributed by atoms with van der Waals surface area (Å²) in [6.07, 6.45) is 3.16. The van der Waals surface area contributed by atoms with Crippen LogP contribution in [0.1, 0.15) is 29.9 Å². The second-order valence-electron chi connectivity index (χ2n) is 7.10. The lowest BCUT2D eigenvalue weighted by Gasteiger charge is -2.14. The van der Waals surface area contributed by atoms with Crippen LogP contribution in [0.4, 0.5) is 13.2 Å². The number of benzene rings is 2. The minimum absolute atomic E-state index is 0.00405. The van der Waals surface area contributed by atoms with Crippen LogP contribution in [0.5, 0.6) is 0 Å². The molecule has 0 aliphatic heterocycles. The van der Waals surface area contributed by atoms with Crippen molar-refractivity contribution < 1.29 is 21.6 Å². The van der Waals surface area contributed by atoms with Crippen molar-refractivity contribution >= 4 is 10.0 Å². The zero-order valence-corrected chi connectivity index (χ0v) is 16.4. The van der Waals surface area contributed by atoms with E-state index in [9.17, 15) is 21.6 Å². The smallest absolute Gasteiger partial charge is 0.268 e. The number of hydrogen-bond donors (Lipinski definition) is 1. The molecule has 2 aromatic carbocycles. The van der Waals surface area contributed by atoms with Gasteiger partial charge in [0.15, 0.2) is 0 Å². The van der Waals surface area contributed by atoms with Crippen LogP contribution >= 0.6 is 0 Å². The lowest BCUT2D eigenvalue weighted by atomic mass is 10.0. The van der Waals surface area contributed by atoms with Crippen LogP contribution in [0, 0.1) is 17.5 Å². The largest absolute Gasteiger partial charge is 0.316 e. The molecule has 29 heavy (non-hydrogen) atoms. The summed E-state index contributed by atoms with van der Waals surface area (Å²) >= 11 is 0. The molecule has 0 radical (unpaired) electrons. The number of aromatic nitrogens is 1. The lowest BCUT2D eigenvalue weighted by molar-refractivity contribution is 0.581. The van der Waals surface area contributed by atoms with Crippen LogP contribution in [-0.4, -0.2) is 19.4 Å². The van der Waals surface area contributed by atoms with Gasteiger partial charge < -0.3 is 5.32 Å². The first-order valence-electron chi connectivity index (χ1n) is 9.18. The molecular weight excluding hydrogens is 401 g/mol. The van der Waals surface area contributed by atoms with Crippen molar-refractivity contribution in [1.29, 1.82) is 0 Å². The molecule has 0 amide bonds. The Bertz CT molecular complexity index is 1180. The predicted octanol–water partition coefficient (Wildman–Crippen LogP) is 4.41. The van der Waals surface area contributed by atoms with Crippen molar-refractivity contribution in [2.24, 2.45) is 0 Å². The standard InChI is InChI=1S/C21H19F3N2O2S/c1-25-11-14-12-26(29(27,28)17-4-2-3-15(22)9-17)21(20(14)13-5-6-13)18-8-7-16(23)10-19(18)24/h2-4,7-10,12-13,25H,5-6,11H2,1H3. The summed E-state index contributed by atoms with van der Waals surface area (Å²) in [4.78, 5) is -0.241. The van der Waals surface area contributed by atoms with Gasteiger partial charge in [-0.05, 0) is 67.3 Å². The molecule has 0 saturated heterocycles. The fourth-order valence-corrected chi connectivity index (χ4v) is 5.02. The fourth-order valence-electron chi connectivity index (χ4n) is 3.58. The van der Waals surface area contributed by atoms with Crippen molar-refractivity contribution in [1.82, 2.24) is 9.29 Å². The van der Waals surface area contributed by atoms with Crippen molar-refractivity contribution in [3.8, 4) is 11.3 Å². The van der Waals surface area contributed by atoms with E-state index in [-0.39, 0.29) is 22.1 Å². The molecule has 1 saturated carbocycles. The Balaban J connectivity index is 2.02. The summed E-state index contributed by atoms with van der Waals surface area (Å²) in [6, 6.07) is 7.74. The van der Waals surface area contributed by atoms with Crippen LogP contribution in [0.3, 0.4) is 0 Å². The number of rotatable bonds is 6. The highest BCUT2D eigenvalue weighted by Crippen LogP contribution is 2.48. The molecule has 1 N–H and O–H groups in total. The Morgan fingerprint density at radius 1 is 1.07 bits per heavy atom. The zero-order chi connectivity index (χ0) is 20.8. The van der Waals surface area contributed by atoms with Gasteiger partial charge in [-0.25, -0.2) is 25.6 Å². The van der Waals surface area contributed by atoms with Crippen LogP contribution in [0.25, 0.3) is 11.3 Å². The third-order valence-corrected chi connectivity index (χ3v) is 6.64. The second kappa shape index (κ2) is 7.35. The van der Waals surface area contributed by atoms with Crippen molar-refractivity contribution in [3.63, 3.8) is 0 Å². The van der Waals surface area contributed by atoms with Crippen LogP contribution in [-0.2, 0) is 16.6 Å². The molecule has 0 atom stereocenters. The Kier molecular flexibility index (Phi) is 5.00. The van der Waals surface area contributed by atoms with E-state index in [1.165, 1.54) is 24.4 Å². The molecule has 1 fully saturated rings. The first-order chi connectivity index (χ1) is 13.8. The SMILES string of the molecule is CNCc1cn(S(=O)(=O)c2cccc(F)c2)c(-c2ccc(F)cc2F)c1C1CC1. The minimum atomic E-state index is -4.20. The Labute approximate surface area is 167 Å². The van der Waals surface area contributed by atoms with Crippen molar-refractivity contribution in [2.75, 3.05) is 7.05 Å². The molecule has 0 bridgehead atoms. The van der Waals surface area contributed by atoms with E-state index >= 15 is 0 Å². The summed E-state index contributed by atoms with van der Waals surface area (Å²) < 4.78 is 69.6.